The summed E-state index contributed by atoms with van der Waals surface area (Å²) in [4.78, 5) is 24.6. The van der Waals surface area contributed by atoms with E-state index in [9.17, 15) is 9.59 Å². The summed E-state index contributed by atoms with van der Waals surface area (Å²) in [6, 6.07) is -0.133. The SMILES string of the molecule is CCCC(CNC(=O)N(CC)CC1CC1)C(=O)O. The highest BCUT2D eigenvalue weighted by Crippen LogP contribution is 2.29. The van der Waals surface area contributed by atoms with Crippen LogP contribution in [0.5, 0.6) is 0 Å². The number of amides is 2. The molecule has 0 spiro atoms. The summed E-state index contributed by atoms with van der Waals surface area (Å²) in [7, 11) is 0. The number of urea groups is 1. The normalized spacial score (nSPS) is 16.1. The Balaban J connectivity index is 2.34. The molecule has 2 amide bonds. The van der Waals surface area contributed by atoms with Crippen LogP contribution in [-0.2, 0) is 4.79 Å². The summed E-state index contributed by atoms with van der Waals surface area (Å²) >= 11 is 0. The first-order valence-corrected chi connectivity index (χ1v) is 6.84. The quantitative estimate of drug-likeness (QED) is 0.697. The molecule has 1 unspecified atom stereocenters. The van der Waals surface area contributed by atoms with E-state index in [1.165, 1.54) is 12.8 Å². The number of hydrogen-bond donors (Lipinski definition) is 2. The first-order valence-electron chi connectivity index (χ1n) is 6.84. The number of rotatable bonds is 8. The average Bonchev–Trinajstić information content (AvgIpc) is 3.14. The Hall–Kier alpha value is -1.26. The Kier molecular flexibility index (Phi) is 5.95. The van der Waals surface area contributed by atoms with Crippen molar-refractivity contribution in [1.29, 1.82) is 0 Å². The molecular formula is C13H24N2O3. The second-order valence-corrected chi connectivity index (χ2v) is 4.99. The number of carboxylic acids is 1. The Bertz CT molecular complexity index is 290. The number of nitrogens with one attached hydrogen (secondary N) is 1. The van der Waals surface area contributed by atoms with E-state index in [-0.39, 0.29) is 12.6 Å². The minimum Gasteiger partial charge on any atom is -0.481 e. The van der Waals surface area contributed by atoms with E-state index < -0.39 is 11.9 Å². The molecule has 1 rings (SSSR count). The fourth-order valence-corrected chi connectivity index (χ4v) is 1.95. The van der Waals surface area contributed by atoms with Crippen LogP contribution in [0.25, 0.3) is 0 Å². The highest BCUT2D eigenvalue weighted by Gasteiger charge is 2.26. The fourth-order valence-electron chi connectivity index (χ4n) is 1.95. The molecule has 0 bridgehead atoms. The van der Waals surface area contributed by atoms with Crippen LogP contribution >= 0.6 is 0 Å². The van der Waals surface area contributed by atoms with Gasteiger partial charge in [-0.15, -0.1) is 0 Å². The van der Waals surface area contributed by atoms with E-state index in [1.54, 1.807) is 4.90 Å². The zero-order valence-electron chi connectivity index (χ0n) is 11.3. The lowest BCUT2D eigenvalue weighted by atomic mass is 10.0. The number of aliphatic carboxylic acids is 1. The van der Waals surface area contributed by atoms with E-state index in [0.717, 1.165) is 13.0 Å². The molecule has 0 saturated heterocycles. The summed E-state index contributed by atoms with van der Waals surface area (Å²) in [5.41, 5.74) is 0. The molecule has 104 valence electrons. The van der Waals surface area contributed by atoms with Gasteiger partial charge in [0.15, 0.2) is 0 Å². The summed E-state index contributed by atoms with van der Waals surface area (Å²) in [6.45, 7) is 5.59. The van der Waals surface area contributed by atoms with Crippen LogP contribution in [0, 0.1) is 11.8 Å². The van der Waals surface area contributed by atoms with Gasteiger partial charge in [-0.2, -0.15) is 0 Å². The molecule has 0 heterocycles. The van der Waals surface area contributed by atoms with Gasteiger partial charge in [0.2, 0.25) is 0 Å². The Morgan fingerprint density at radius 3 is 2.50 bits per heavy atom. The number of carbonyl (C=O) groups excluding carboxylic acids is 1. The van der Waals surface area contributed by atoms with Crippen molar-refractivity contribution in [3.8, 4) is 0 Å². The predicted molar refractivity (Wildman–Crippen MR) is 69.4 cm³/mol. The molecular weight excluding hydrogens is 232 g/mol. The number of carboxylic acid groups (broad SMARTS) is 1. The largest absolute Gasteiger partial charge is 0.481 e. The Morgan fingerprint density at radius 1 is 1.39 bits per heavy atom. The molecule has 1 atom stereocenters. The third-order valence-corrected chi connectivity index (χ3v) is 3.33. The van der Waals surface area contributed by atoms with Crippen LogP contribution in [0.3, 0.4) is 0 Å². The Morgan fingerprint density at radius 2 is 2.06 bits per heavy atom. The van der Waals surface area contributed by atoms with Gasteiger partial charge in [0.25, 0.3) is 0 Å². The second kappa shape index (κ2) is 7.24. The van der Waals surface area contributed by atoms with Crippen molar-refractivity contribution in [3.05, 3.63) is 0 Å². The molecule has 0 aromatic heterocycles. The van der Waals surface area contributed by atoms with Crippen molar-refractivity contribution in [1.82, 2.24) is 10.2 Å². The third-order valence-electron chi connectivity index (χ3n) is 3.33. The molecule has 0 aromatic carbocycles. The molecule has 0 aromatic rings. The van der Waals surface area contributed by atoms with Gasteiger partial charge in [0.05, 0.1) is 5.92 Å². The van der Waals surface area contributed by atoms with Gasteiger partial charge in [0.1, 0.15) is 0 Å². The maximum atomic E-state index is 11.9. The lowest BCUT2D eigenvalue weighted by Gasteiger charge is -2.22. The van der Waals surface area contributed by atoms with E-state index >= 15 is 0 Å². The van der Waals surface area contributed by atoms with Crippen LogP contribution in [-0.4, -0.2) is 41.6 Å². The van der Waals surface area contributed by atoms with E-state index in [0.29, 0.717) is 18.9 Å². The number of carbonyl (C=O) groups is 2. The summed E-state index contributed by atoms with van der Waals surface area (Å²) in [5, 5.41) is 11.7. The van der Waals surface area contributed by atoms with E-state index in [1.807, 2.05) is 13.8 Å². The molecule has 5 nitrogen and oxygen atoms in total. The highest BCUT2D eigenvalue weighted by molar-refractivity contribution is 5.76. The smallest absolute Gasteiger partial charge is 0.317 e. The van der Waals surface area contributed by atoms with Crippen LogP contribution in [0.15, 0.2) is 0 Å². The molecule has 0 aliphatic heterocycles. The lowest BCUT2D eigenvalue weighted by molar-refractivity contribution is -0.141. The van der Waals surface area contributed by atoms with Crippen LogP contribution in [0.4, 0.5) is 4.79 Å². The van der Waals surface area contributed by atoms with Gasteiger partial charge in [-0.05, 0) is 32.1 Å². The first-order chi connectivity index (χ1) is 8.58. The van der Waals surface area contributed by atoms with Crippen LogP contribution in [0.1, 0.15) is 39.5 Å². The zero-order valence-corrected chi connectivity index (χ0v) is 11.3. The molecule has 0 radical (unpaired) electrons. The van der Waals surface area contributed by atoms with Crippen molar-refractivity contribution < 1.29 is 14.7 Å². The molecule has 2 N–H and O–H groups in total. The lowest BCUT2D eigenvalue weighted by Crippen LogP contribution is -2.43. The van der Waals surface area contributed by atoms with Gasteiger partial charge >= 0.3 is 12.0 Å². The van der Waals surface area contributed by atoms with Crippen molar-refractivity contribution >= 4 is 12.0 Å². The summed E-state index contributed by atoms with van der Waals surface area (Å²) in [5.74, 6) is -0.650. The van der Waals surface area contributed by atoms with E-state index in [2.05, 4.69) is 5.32 Å². The van der Waals surface area contributed by atoms with Crippen LogP contribution < -0.4 is 5.32 Å². The van der Waals surface area contributed by atoms with E-state index in [4.69, 9.17) is 5.11 Å². The minimum absolute atomic E-state index is 0.133. The number of nitrogens with zero attached hydrogens (tertiary/aromatic N) is 1. The van der Waals surface area contributed by atoms with Gasteiger partial charge in [-0.1, -0.05) is 13.3 Å². The molecule has 5 heteroatoms. The standard InChI is InChI=1S/C13H24N2O3/c1-3-5-11(12(16)17)8-14-13(18)15(4-2)9-10-6-7-10/h10-11H,3-9H2,1-2H3,(H,14,18)(H,16,17). The monoisotopic (exact) mass is 256 g/mol. The summed E-state index contributed by atoms with van der Waals surface area (Å²) in [6.07, 6.45) is 3.82. The van der Waals surface area contributed by atoms with Crippen molar-refractivity contribution in [2.75, 3.05) is 19.6 Å². The highest BCUT2D eigenvalue weighted by atomic mass is 16.4. The summed E-state index contributed by atoms with van der Waals surface area (Å²) < 4.78 is 0. The van der Waals surface area contributed by atoms with Crippen molar-refractivity contribution in [2.45, 2.75) is 39.5 Å². The van der Waals surface area contributed by atoms with Crippen LogP contribution in [0.2, 0.25) is 0 Å². The molecule has 1 aliphatic rings. The molecule has 18 heavy (non-hydrogen) atoms. The maximum Gasteiger partial charge on any atom is 0.317 e. The molecule has 1 fully saturated rings. The molecule has 1 aliphatic carbocycles. The number of hydrogen-bond acceptors (Lipinski definition) is 2. The maximum absolute atomic E-state index is 11.9. The fraction of sp³-hybridized carbons (Fsp3) is 0.846. The molecule has 1 saturated carbocycles. The average molecular weight is 256 g/mol. The minimum atomic E-state index is -0.831. The van der Waals surface area contributed by atoms with Gasteiger partial charge in [0, 0.05) is 19.6 Å². The third kappa shape index (κ3) is 4.94. The Labute approximate surface area is 109 Å². The van der Waals surface area contributed by atoms with Gasteiger partial charge in [-0.25, -0.2) is 4.79 Å². The van der Waals surface area contributed by atoms with Gasteiger partial charge in [-0.3, -0.25) is 4.79 Å². The van der Waals surface area contributed by atoms with Crippen molar-refractivity contribution in [2.24, 2.45) is 11.8 Å². The first kappa shape index (κ1) is 14.8. The predicted octanol–water partition coefficient (Wildman–Crippen LogP) is 1.93. The topological polar surface area (TPSA) is 69.6 Å². The second-order valence-electron chi connectivity index (χ2n) is 4.99. The van der Waals surface area contributed by atoms with Gasteiger partial charge < -0.3 is 15.3 Å². The zero-order chi connectivity index (χ0) is 13.5. The van der Waals surface area contributed by atoms with Crippen molar-refractivity contribution in [3.63, 3.8) is 0 Å².